The van der Waals surface area contributed by atoms with Gasteiger partial charge in [0.2, 0.25) is 0 Å². The van der Waals surface area contributed by atoms with Crippen LogP contribution in [-0.2, 0) is 16.0 Å². The number of hydrogen-bond donors (Lipinski definition) is 2. The Morgan fingerprint density at radius 2 is 1.96 bits per heavy atom. The van der Waals surface area contributed by atoms with E-state index in [1.165, 1.54) is 5.69 Å². The van der Waals surface area contributed by atoms with Crippen molar-refractivity contribution in [3.05, 3.63) is 17.5 Å². The molecule has 0 aliphatic carbocycles. The molecule has 150 valence electrons. The maximum Gasteiger partial charge on any atom is 0.190 e. The maximum absolute atomic E-state index is 5.87. The summed E-state index contributed by atoms with van der Waals surface area (Å²) in [5.41, 5.74) is 2.29. The Bertz CT molecular complexity index is 530. The highest BCUT2D eigenvalue weighted by Crippen LogP contribution is 2.10. The van der Waals surface area contributed by atoms with E-state index in [1.54, 1.807) is 7.05 Å². The summed E-state index contributed by atoms with van der Waals surface area (Å²) >= 11 is 0. The molecule has 1 aromatic heterocycles. The van der Waals surface area contributed by atoms with Crippen LogP contribution in [-0.4, -0.2) is 61.8 Å². The van der Waals surface area contributed by atoms with Gasteiger partial charge < -0.3 is 20.1 Å². The highest BCUT2D eigenvalue weighted by atomic mass is 127. The number of aromatic nitrogens is 2. The van der Waals surface area contributed by atoms with Gasteiger partial charge in [0.1, 0.15) is 0 Å². The Balaban J connectivity index is 0.00000338. The monoisotopic (exact) mass is 479 g/mol. The molecule has 2 N–H and O–H groups in total. The fraction of sp³-hybridized carbons (Fsp3) is 0.778. The highest BCUT2D eigenvalue weighted by molar-refractivity contribution is 14.0. The van der Waals surface area contributed by atoms with Crippen LogP contribution in [0.25, 0.3) is 0 Å². The predicted molar refractivity (Wildman–Crippen MR) is 116 cm³/mol. The zero-order chi connectivity index (χ0) is 17.9. The van der Waals surface area contributed by atoms with Crippen molar-refractivity contribution in [2.24, 2.45) is 4.99 Å². The predicted octanol–water partition coefficient (Wildman–Crippen LogP) is 2.26. The summed E-state index contributed by atoms with van der Waals surface area (Å²) in [6.07, 6.45) is 4.40. The lowest BCUT2D eigenvalue weighted by molar-refractivity contribution is -0.0320. The van der Waals surface area contributed by atoms with E-state index >= 15 is 0 Å². The number of nitrogens with one attached hydrogen (secondary N) is 2. The third-order valence-electron chi connectivity index (χ3n) is 4.30. The number of aliphatic imine (C=N–C) groups is 1. The minimum atomic E-state index is 0. The molecule has 0 aromatic carbocycles. The van der Waals surface area contributed by atoms with Crippen molar-refractivity contribution in [2.75, 3.05) is 40.0 Å². The summed E-state index contributed by atoms with van der Waals surface area (Å²) in [7, 11) is 1.80. The van der Waals surface area contributed by atoms with E-state index in [-0.39, 0.29) is 24.0 Å². The molecule has 0 atom stereocenters. The van der Waals surface area contributed by atoms with Crippen molar-refractivity contribution in [1.82, 2.24) is 20.4 Å². The summed E-state index contributed by atoms with van der Waals surface area (Å²) in [6, 6.07) is 2.11. The van der Waals surface area contributed by atoms with Gasteiger partial charge in [0.25, 0.3) is 0 Å². The van der Waals surface area contributed by atoms with Crippen LogP contribution in [0.2, 0.25) is 0 Å². The van der Waals surface area contributed by atoms with E-state index in [1.807, 2.05) is 6.92 Å². The number of halogens is 1. The molecule has 0 spiro atoms. The first-order valence-corrected chi connectivity index (χ1v) is 9.34. The van der Waals surface area contributed by atoms with Gasteiger partial charge in [0, 0.05) is 52.2 Å². The lowest BCUT2D eigenvalue weighted by atomic mass is 10.1. The SMILES string of the molecule is CN=C(NCCCOC1CCOCC1)NCCCn1nc(C)cc1C.I. The molecule has 0 amide bonds. The van der Waals surface area contributed by atoms with E-state index in [4.69, 9.17) is 9.47 Å². The summed E-state index contributed by atoms with van der Waals surface area (Å²) in [5, 5.41) is 11.2. The van der Waals surface area contributed by atoms with Gasteiger partial charge >= 0.3 is 0 Å². The number of hydrogen-bond acceptors (Lipinski definition) is 4. The second-order valence-electron chi connectivity index (χ2n) is 6.47. The lowest BCUT2D eigenvalue weighted by Gasteiger charge is -2.22. The number of aryl methyl sites for hydroxylation is 3. The number of rotatable bonds is 9. The van der Waals surface area contributed by atoms with Gasteiger partial charge in [-0.25, -0.2) is 0 Å². The zero-order valence-corrected chi connectivity index (χ0v) is 18.6. The molecule has 1 aromatic rings. The van der Waals surface area contributed by atoms with Gasteiger partial charge in [-0.15, -0.1) is 24.0 Å². The minimum Gasteiger partial charge on any atom is -0.381 e. The zero-order valence-electron chi connectivity index (χ0n) is 16.3. The lowest BCUT2D eigenvalue weighted by Crippen LogP contribution is -2.38. The number of nitrogens with zero attached hydrogens (tertiary/aromatic N) is 3. The van der Waals surface area contributed by atoms with Crippen molar-refractivity contribution in [2.45, 2.75) is 52.2 Å². The summed E-state index contributed by atoms with van der Waals surface area (Å²) in [4.78, 5) is 4.26. The average molecular weight is 479 g/mol. The van der Waals surface area contributed by atoms with Crippen LogP contribution < -0.4 is 10.6 Å². The maximum atomic E-state index is 5.87. The van der Waals surface area contributed by atoms with E-state index in [2.05, 4.69) is 38.4 Å². The van der Waals surface area contributed by atoms with Crippen molar-refractivity contribution in [3.8, 4) is 0 Å². The minimum absolute atomic E-state index is 0. The third-order valence-corrected chi connectivity index (χ3v) is 4.30. The smallest absolute Gasteiger partial charge is 0.190 e. The fourth-order valence-electron chi connectivity index (χ4n) is 2.93. The van der Waals surface area contributed by atoms with Crippen LogP contribution in [0.5, 0.6) is 0 Å². The molecule has 1 saturated heterocycles. The molecule has 0 radical (unpaired) electrons. The standard InChI is InChI=1S/C18H33N5O2.HI/c1-15-14-16(2)23(22-15)10-4-8-20-18(19-3)21-9-5-11-25-17-6-12-24-13-7-17;/h14,17H,4-13H2,1-3H3,(H2,19,20,21);1H. The van der Waals surface area contributed by atoms with Crippen molar-refractivity contribution < 1.29 is 9.47 Å². The highest BCUT2D eigenvalue weighted by Gasteiger charge is 2.13. The summed E-state index contributed by atoms with van der Waals surface area (Å²) in [5.74, 6) is 0.847. The van der Waals surface area contributed by atoms with Crippen LogP contribution in [0.3, 0.4) is 0 Å². The first-order valence-electron chi connectivity index (χ1n) is 9.34. The topological polar surface area (TPSA) is 72.7 Å². The van der Waals surface area contributed by atoms with Crippen molar-refractivity contribution in [1.29, 1.82) is 0 Å². The Kier molecular flexibility index (Phi) is 11.9. The van der Waals surface area contributed by atoms with Gasteiger partial charge in [-0.1, -0.05) is 0 Å². The Labute approximate surface area is 174 Å². The summed E-state index contributed by atoms with van der Waals surface area (Å²) in [6.45, 7) is 9.22. The van der Waals surface area contributed by atoms with E-state index in [0.717, 1.165) is 76.8 Å². The first kappa shape index (κ1) is 23.2. The molecule has 1 aliphatic rings. The molecule has 26 heavy (non-hydrogen) atoms. The largest absolute Gasteiger partial charge is 0.381 e. The molecular formula is C18H34IN5O2. The quantitative estimate of drug-likeness (QED) is 0.246. The molecule has 0 saturated carbocycles. The second-order valence-corrected chi connectivity index (χ2v) is 6.47. The van der Waals surface area contributed by atoms with Gasteiger partial charge in [0.15, 0.2) is 5.96 Å². The Morgan fingerprint density at radius 3 is 2.58 bits per heavy atom. The normalized spacial score (nSPS) is 15.6. The summed E-state index contributed by atoms with van der Waals surface area (Å²) < 4.78 is 13.3. The Hall–Kier alpha value is -0.870. The van der Waals surface area contributed by atoms with Gasteiger partial charge in [-0.2, -0.15) is 5.10 Å². The molecular weight excluding hydrogens is 445 g/mol. The molecule has 2 rings (SSSR count). The van der Waals surface area contributed by atoms with E-state index in [0.29, 0.717) is 6.10 Å². The molecule has 1 fully saturated rings. The molecule has 8 heteroatoms. The van der Waals surface area contributed by atoms with Crippen LogP contribution in [0.4, 0.5) is 0 Å². The number of ether oxygens (including phenoxy) is 2. The molecule has 1 aliphatic heterocycles. The van der Waals surface area contributed by atoms with Crippen LogP contribution >= 0.6 is 24.0 Å². The molecule has 2 heterocycles. The first-order chi connectivity index (χ1) is 12.2. The van der Waals surface area contributed by atoms with Crippen LogP contribution in [0.15, 0.2) is 11.1 Å². The third kappa shape index (κ3) is 8.68. The van der Waals surface area contributed by atoms with Crippen molar-refractivity contribution in [3.63, 3.8) is 0 Å². The van der Waals surface area contributed by atoms with Gasteiger partial charge in [-0.3, -0.25) is 9.67 Å². The van der Waals surface area contributed by atoms with E-state index in [9.17, 15) is 0 Å². The Morgan fingerprint density at radius 1 is 1.27 bits per heavy atom. The molecule has 0 bridgehead atoms. The van der Waals surface area contributed by atoms with Crippen LogP contribution in [0.1, 0.15) is 37.1 Å². The molecule has 7 nitrogen and oxygen atoms in total. The van der Waals surface area contributed by atoms with Gasteiger partial charge in [0.05, 0.1) is 11.8 Å². The van der Waals surface area contributed by atoms with Crippen LogP contribution in [0, 0.1) is 13.8 Å². The molecule has 0 unspecified atom stereocenters. The number of guanidine groups is 1. The van der Waals surface area contributed by atoms with Crippen molar-refractivity contribution >= 4 is 29.9 Å². The fourth-order valence-corrected chi connectivity index (χ4v) is 2.93. The average Bonchev–Trinajstić information content (AvgIpc) is 2.94. The van der Waals surface area contributed by atoms with Gasteiger partial charge in [-0.05, 0) is 45.6 Å². The van der Waals surface area contributed by atoms with E-state index < -0.39 is 0 Å². The second kappa shape index (κ2) is 13.3.